The summed E-state index contributed by atoms with van der Waals surface area (Å²) in [6.45, 7) is 2.72. The van der Waals surface area contributed by atoms with Crippen LogP contribution in [0.1, 0.15) is 11.1 Å². The minimum atomic E-state index is -2.82. The highest BCUT2D eigenvalue weighted by Crippen LogP contribution is 2.18. The molecule has 1 N–H and O–H groups in total. The summed E-state index contributed by atoms with van der Waals surface area (Å²) in [6.07, 6.45) is 0.629. The second kappa shape index (κ2) is 9.39. The normalized spacial score (nSPS) is 14.3. The second-order valence-electron chi connectivity index (χ2n) is 6.82. The van der Waals surface area contributed by atoms with Crippen LogP contribution in [0.3, 0.4) is 0 Å². The van der Waals surface area contributed by atoms with Gasteiger partial charge >= 0.3 is 12.6 Å². The number of nitrogens with zero attached hydrogens (tertiary/aromatic N) is 2. The van der Waals surface area contributed by atoms with E-state index in [1.54, 1.807) is 12.1 Å². The van der Waals surface area contributed by atoms with E-state index in [4.69, 9.17) is 0 Å². The molecule has 7 heteroatoms. The number of urea groups is 1. The fourth-order valence-corrected chi connectivity index (χ4v) is 3.26. The quantitative estimate of drug-likeness (QED) is 0.820. The van der Waals surface area contributed by atoms with Gasteiger partial charge in [0.2, 0.25) is 0 Å². The van der Waals surface area contributed by atoms with Crippen molar-refractivity contribution in [2.75, 3.05) is 37.6 Å². The molecule has 1 heterocycles. The van der Waals surface area contributed by atoms with Crippen LogP contribution in [-0.2, 0) is 6.42 Å². The molecule has 5 nitrogen and oxygen atoms in total. The fourth-order valence-electron chi connectivity index (χ4n) is 3.26. The van der Waals surface area contributed by atoms with Crippen molar-refractivity contribution in [1.29, 1.82) is 0 Å². The lowest BCUT2D eigenvalue weighted by atomic mass is 10.1. The topological polar surface area (TPSA) is 44.8 Å². The number of hydrogen-bond donors (Lipinski definition) is 1. The lowest BCUT2D eigenvalue weighted by molar-refractivity contribution is -0.0498. The maximum Gasteiger partial charge on any atom is 0.387 e. The third-order valence-corrected chi connectivity index (χ3v) is 4.77. The van der Waals surface area contributed by atoms with Crippen molar-refractivity contribution in [3.8, 4) is 5.75 Å². The highest BCUT2D eigenvalue weighted by Gasteiger charge is 2.21. The average molecular weight is 389 g/mol. The molecule has 1 aliphatic rings. The van der Waals surface area contributed by atoms with Crippen molar-refractivity contribution >= 4 is 11.7 Å². The van der Waals surface area contributed by atoms with E-state index in [0.29, 0.717) is 26.1 Å². The van der Waals surface area contributed by atoms with Gasteiger partial charge in [0.05, 0.1) is 0 Å². The van der Waals surface area contributed by atoms with Gasteiger partial charge in [-0.15, -0.1) is 0 Å². The zero-order valence-electron chi connectivity index (χ0n) is 15.9. The molecule has 2 amide bonds. The molecular formula is C21H25F2N3O2. The maximum absolute atomic E-state index is 12.4. The van der Waals surface area contributed by atoms with Gasteiger partial charge in [0.1, 0.15) is 5.75 Å². The van der Waals surface area contributed by atoms with Gasteiger partial charge in [-0.3, -0.25) is 0 Å². The zero-order valence-corrected chi connectivity index (χ0v) is 15.9. The SMILES string of the molecule is Cc1cccc(N2CCN(C(=O)NCCc3ccc(OC(F)F)cc3)CC2)c1. The van der Waals surface area contributed by atoms with Crippen LogP contribution < -0.4 is 15.0 Å². The summed E-state index contributed by atoms with van der Waals surface area (Å²) in [5.41, 5.74) is 3.37. The number of carbonyl (C=O) groups excluding carboxylic acids is 1. The van der Waals surface area contributed by atoms with Crippen LogP contribution in [0, 0.1) is 6.92 Å². The van der Waals surface area contributed by atoms with Crippen LogP contribution in [0.15, 0.2) is 48.5 Å². The van der Waals surface area contributed by atoms with Gasteiger partial charge in [0.25, 0.3) is 0 Å². The third-order valence-electron chi connectivity index (χ3n) is 4.77. The monoisotopic (exact) mass is 389 g/mol. The van der Waals surface area contributed by atoms with Crippen LogP contribution in [-0.4, -0.2) is 50.3 Å². The first kappa shape index (κ1) is 19.9. The number of ether oxygens (including phenoxy) is 1. The largest absolute Gasteiger partial charge is 0.435 e. The van der Waals surface area contributed by atoms with Crippen LogP contribution >= 0.6 is 0 Å². The number of piperazine rings is 1. The summed E-state index contributed by atoms with van der Waals surface area (Å²) >= 11 is 0. The Balaban J connectivity index is 1.40. The van der Waals surface area contributed by atoms with Gasteiger partial charge in [-0.2, -0.15) is 8.78 Å². The van der Waals surface area contributed by atoms with E-state index >= 15 is 0 Å². The number of benzene rings is 2. The van der Waals surface area contributed by atoms with E-state index < -0.39 is 6.61 Å². The Kier molecular flexibility index (Phi) is 6.68. The highest BCUT2D eigenvalue weighted by molar-refractivity contribution is 5.74. The van der Waals surface area contributed by atoms with E-state index in [2.05, 4.69) is 46.1 Å². The van der Waals surface area contributed by atoms with Gasteiger partial charge in [-0.1, -0.05) is 24.3 Å². The third kappa shape index (κ3) is 5.58. The Bertz CT molecular complexity index is 775. The average Bonchev–Trinajstić information content (AvgIpc) is 2.69. The van der Waals surface area contributed by atoms with Crippen molar-refractivity contribution in [1.82, 2.24) is 10.2 Å². The molecule has 0 aromatic heterocycles. The molecule has 0 aliphatic carbocycles. The number of amides is 2. The predicted octanol–water partition coefficient (Wildman–Crippen LogP) is 3.67. The molecule has 150 valence electrons. The second-order valence-corrected chi connectivity index (χ2v) is 6.82. The van der Waals surface area contributed by atoms with E-state index in [9.17, 15) is 13.6 Å². The fraction of sp³-hybridized carbons (Fsp3) is 0.381. The Morgan fingerprint density at radius 1 is 1.11 bits per heavy atom. The molecule has 0 radical (unpaired) electrons. The van der Waals surface area contributed by atoms with E-state index in [1.807, 2.05) is 4.90 Å². The van der Waals surface area contributed by atoms with Gasteiger partial charge in [-0.25, -0.2) is 4.79 Å². The first-order valence-electron chi connectivity index (χ1n) is 9.39. The number of hydrogen-bond acceptors (Lipinski definition) is 3. The van der Waals surface area contributed by atoms with E-state index in [1.165, 1.54) is 23.4 Å². The number of anilines is 1. The lowest BCUT2D eigenvalue weighted by Crippen LogP contribution is -2.52. The van der Waals surface area contributed by atoms with Crippen LogP contribution in [0.4, 0.5) is 19.3 Å². The van der Waals surface area contributed by atoms with Crippen molar-refractivity contribution < 1.29 is 18.3 Å². The first-order chi connectivity index (χ1) is 13.5. The molecule has 1 saturated heterocycles. The first-order valence-corrected chi connectivity index (χ1v) is 9.39. The van der Waals surface area contributed by atoms with Crippen molar-refractivity contribution in [2.45, 2.75) is 20.0 Å². The Morgan fingerprint density at radius 3 is 2.46 bits per heavy atom. The van der Waals surface area contributed by atoms with Gasteiger partial charge < -0.3 is 19.9 Å². The molecule has 28 heavy (non-hydrogen) atoms. The lowest BCUT2D eigenvalue weighted by Gasteiger charge is -2.36. The van der Waals surface area contributed by atoms with Gasteiger partial charge in [0, 0.05) is 38.4 Å². The number of carbonyl (C=O) groups is 1. The summed E-state index contributed by atoms with van der Waals surface area (Å²) in [5.74, 6) is 0.134. The van der Waals surface area contributed by atoms with Crippen LogP contribution in [0.2, 0.25) is 0 Å². The molecule has 0 bridgehead atoms. The summed E-state index contributed by atoms with van der Waals surface area (Å²) in [6, 6.07) is 14.8. The van der Waals surface area contributed by atoms with Crippen LogP contribution in [0.25, 0.3) is 0 Å². The molecule has 3 rings (SSSR count). The minimum Gasteiger partial charge on any atom is -0.435 e. The zero-order chi connectivity index (χ0) is 19.9. The van der Waals surface area contributed by atoms with Crippen molar-refractivity contribution in [3.05, 3.63) is 59.7 Å². The minimum absolute atomic E-state index is 0.0680. The molecule has 2 aromatic rings. The van der Waals surface area contributed by atoms with Crippen LogP contribution in [0.5, 0.6) is 5.75 Å². The number of aryl methyl sites for hydroxylation is 1. The summed E-state index contributed by atoms with van der Waals surface area (Å²) in [4.78, 5) is 16.5. The Hall–Kier alpha value is -2.83. The van der Waals surface area contributed by atoms with Crippen molar-refractivity contribution in [3.63, 3.8) is 0 Å². The molecule has 0 atom stereocenters. The summed E-state index contributed by atoms with van der Waals surface area (Å²) < 4.78 is 28.6. The number of rotatable bonds is 6. The molecule has 2 aromatic carbocycles. The summed E-state index contributed by atoms with van der Waals surface area (Å²) in [5, 5.41) is 2.93. The van der Waals surface area contributed by atoms with Gasteiger partial charge in [-0.05, 0) is 48.7 Å². The maximum atomic E-state index is 12.4. The van der Waals surface area contributed by atoms with Crippen molar-refractivity contribution in [2.24, 2.45) is 0 Å². The molecule has 1 fully saturated rings. The van der Waals surface area contributed by atoms with E-state index in [-0.39, 0.29) is 11.8 Å². The standard InChI is InChI=1S/C21H25F2N3O2/c1-16-3-2-4-18(15-16)25-11-13-26(14-12-25)21(27)24-10-9-17-5-7-19(8-6-17)28-20(22)23/h2-8,15,20H,9-14H2,1H3,(H,24,27). The van der Waals surface area contributed by atoms with E-state index in [0.717, 1.165) is 18.7 Å². The smallest absolute Gasteiger partial charge is 0.387 e. The number of alkyl halides is 2. The molecule has 1 aliphatic heterocycles. The Morgan fingerprint density at radius 2 is 1.82 bits per heavy atom. The molecule has 0 spiro atoms. The molecule has 0 unspecified atom stereocenters. The molecular weight excluding hydrogens is 364 g/mol. The summed E-state index contributed by atoms with van der Waals surface area (Å²) in [7, 11) is 0. The number of nitrogens with one attached hydrogen (secondary N) is 1. The Labute approximate surface area is 163 Å². The highest BCUT2D eigenvalue weighted by atomic mass is 19.3. The predicted molar refractivity (Wildman–Crippen MR) is 105 cm³/mol. The van der Waals surface area contributed by atoms with Gasteiger partial charge in [0.15, 0.2) is 0 Å². The molecule has 0 saturated carbocycles. The number of halogens is 2.